The zero-order valence-corrected chi connectivity index (χ0v) is 14.2. The van der Waals surface area contributed by atoms with Crippen LogP contribution in [0.5, 0.6) is 11.5 Å². The quantitative estimate of drug-likeness (QED) is 0.693. The monoisotopic (exact) mass is 384 g/mol. The molecule has 0 bridgehead atoms. The van der Waals surface area contributed by atoms with Gasteiger partial charge in [-0.25, -0.2) is 4.68 Å². The van der Waals surface area contributed by atoms with Crippen LogP contribution >= 0.6 is 15.9 Å². The third-order valence-electron chi connectivity index (χ3n) is 3.78. The highest BCUT2D eigenvalue weighted by molar-refractivity contribution is 9.10. The predicted molar refractivity (Wildman–Crippen MR) is 93.3 cm³/mol. The van der Waals surface area contributed by atoms with Crippen LogP contribution in [0, 0.1) is 0 Å². The number of hydrogen-bond donors (Lipinski definition) is 0. The smallest absolute Gasteiger partial charge is 0.267 e. The second-order valence-electron chi connectivity index (χ2n) is 5.41. The van der Waals surface area contributed by atoms with Crippen molar-refractivity contribution in [1.29, 1.82) is 0 Å². The lowest BCUT2D eigenvalue weighted by molar-refractivity contribution is 0.174. The fourth-order valence-corrected chi connectivity index (χ4v) is 2.80. The Morgan fingerprint density at radius 2 is 1.79 bits per heavy atom. The molecule has 2 heterocycles. The molecule has 0 saturated heterocycles. The maximum Gasteiger partial charge on any atom is 0.267 e. The van der Waals surface area contributed by atoms with E-state index in [2.05, 4.69) is 21.0 Å². The Morgan fingerprint density at radius 1 is 1.00 bits per heavy atom. The first kappa shape index (κ1) is 15.0. The molecule has 0 aliphatic carbocycles. The van der Waals surface area contributed by atoms with Gasteiger partial charge in [0.1, 0.15) is 0 Å². The van der Waals surface area contributed by atoms with E-state index in [0.717, 1.165) is 21.3 Å². The number of hydrogen-bond acceptors (Lipinski definition) is 4. The maximum atomic E-state index is 12.1. The Labute approximate surface area is 146 Å². The van der Waals surface area contributed by atoms with Gasteiger partial charge in [-0.1, -0.05) is 28.1 Å². The molecule has 0 unspecified atom stereocenters. The van der Waals surface area contributed by atoms with Crippen LogP contribution in [0.4, 0.5) is 0 Å². The molecule has 24 heavy (non-hydrogen) atoms. The molecule has 0 spiro atoms. The molecule has 1 aliphatic heterocycles. The topological polar surface area (TPSA) is 53.4 Å². The molecule has 0 amide bonds. The maximum absolute atomic E-state index is 12.1. The molecular formula is C18H13BrN2O3. The van der Waals surface area contributed by atoms with E-state index in [1.807, 2.05) is 42.5 Å². The fourth-order valence-electron chi connectivity index (χ4n) is 2.53. The van der Waals surface area contributed by atoms with Crippen LogP contribution < -0.4 is 15.0 Å². The van der Waals surface area contributed by atoms with Crippen LogP contribution in [0.25, 0.3) is 11.3 Å². The zero-order valence-electron chi connectivity index (χ0n) is 12.6. The van der Waals surface area contributed by atoms with Crippen LogP contribution in [-0.2, 0) is 6.54 Å². The molecule has 1 aromatic heterocycles. The van der Waals surface area contributed by atoms with Gasteiger partial charge in [-0.05, 0) is 42.0 Å². The molecule has 120 valence electrons. The minimum Gasteiger partial charge on any atom is -0.454 e. The minimum atomic E-state index is -0.137. The van der Waals surface area contributed by atoms with Gasteiger partial charge in [0.05, 0.1) is 12.2 Å². The summed E-state index contributed by atoms with van der Waals surface area (Å²) in [6.45, 7) is 0.653. The summed E-state index contributed by atoms with van der Waals surface area (Å²) in [5.41, 5.74) is 2.46. The predicted octanol–water partition coefficient (Wildman–Crippen LogP) is 3.45. The van der Waals surface area contributed by atoms with E-state index in [4.69, 9.17) is 9.47 Å². The molecular weight excluding hydrogens is 372 g/mol. The Kier molecular flexibility index (Phi) is 3.82. The number of rotatable bonds is 3. The molecule has 1 aliphatic rings. The average molecular weight is 385 g/mol. The minimum absolute atomic E-state index is 0.137. The van der Waals surface area contributed by atoms with E-state index < -0.39 is 0 Å². The fraction of sp³-hybridized carbons (Fsp3) is 0.111. The number of benzene rings is 2. The van der Waals surface area contributed by atoms with Gasteiger partial charge in [0, 0.05) is 16.1 Å². The zero-order chi connectivity index (χ0) is 16.5. The molecule has 0 atom stereocenters. The second kappa shape index (κ2) is 6.13. The largest absolute Gasteiger partial charge is 0.454 e. The third kappa shape index (κ3) is 2.92. The molecule has 0 fully saturated rings. The second-order valence-corrected chi connectivity index (χ2v) is 6.32. The Bertz CT molecular complexity index is 951. The summed E-state index contributed by atoms with van der Waals surface area (Å²) in [5, 5.41) is 4.48. The van der Waals surface area contributed by atoms with Gasteiger partial charge >= 0.3 is 0 Å². The highest BCUT2D eigenvalue weighted by Gasteiger charge is 2.14. The Balaban J connectivity index is 1.68. The number of nitrogens with zero attached hydrogens (tertiary/aromatic N) is 2. The van der Waals surface area contributed by atoms with Crippen molar-refractivity contribution in [3.63, 3.8) is 0 Å². The van der Waals surface area contributed by atoms with Gasteiger partial charge in [-0.2, -0.15) is 5.10 Å². The van der Waals surface area contributed by atoms with E-state index in [9.17, 15) is 4.79 Å². The lowest BCUT2D eigenvalue weighted by atomic mass is 10.1. The van der Waals surface area contributed by atoms with Crippen LogP contribution in [0.3, 0.4) is 0 Å². The van der Waals surface area contributed by atoms with Crippen molar-refractivity contribution in [3.05, 3.63) is 75.0 Å². The van der Waals surface area contributed by atoms with E-state index in [1.165, 1.54) is 10.7 Å². The number of ether oxygens (including phenoxy) is 2. The Morgan fingerprint density at radius 3 is 2.62 bits per heavy atom. The van der Waals surface area contributed by atoms with Crippen molar-refractivity contribution in [1.82, 2.24) is 9.78 Å². The van der Waals surface area contributed by atoms with Crippen molar-refractivity contribution in [3.8, 4) is 22.8 Å². The first-order chi connectivity index (χ1) is 11.7. The number of fused-ring (bicyclic) bond motifs is 1. The van der Waals surface area contributed by atoms with Gasteiger partial charge in [-0.15, -0.1) is 0 Å². The summed E-state index contributed by atoms with van der Waals surface area (Å²) < 4.78 is 13.2. The molecule has 0 radical (unpaired) electrons. The third-order valence-corrected chi connectivity index (χ3v) is 4.31. The molecule has 5 nitrogen and oxygen atoms in total. The van der Waals surface area contributed by atoms with Crippen LogP contribution in [0.2, 0.25) is 0 Å². The summed E-state index contributed by atoms with van der Waals surface area (Å²) >= 11 is 3.41. The lowest BCUT2D eigenvalue weighted by Gasteiger charge is -2.08. The molecule has 3 aromatic rings. The SMILES string of the molecule is O=c1ccc(-c2ccc3c(c2)OCO3)nn1Cc1ccc(Br)cc1. The Hall–Kier alpha value is -2.60. The van der Waals surface area contributed by atoms with Gasteiger partial charge in [-0.3, -0.25) is 4.79 Å². The van der Waals surface area contributed by atoms with Crippen molar-refractivity contribution in [2.45, 2.75) is 6.54 Å². The number of halogens is 1. The molecule has 0 N–H and O–H groups in total. The van der Waals surface area contributed by atoms with Gasteiger partial charge < -0.3 is 9.47 Å². The molecule has 2 aromatic carbocycles. The summed E-state index contributed by atoms with van der Waals surface area (Å²) in [5.74, 6) is 1.42. The summed E-state index contributed by atoms with van der Waals surface area (Å²) in [4.78, 5) is 12.1. The van der Waals surface area contributed by atoms with E-state index in [0.29, 0.717) is 18.0 Å². The van der Waals surface area contributed by atoms with Crippen molar-refractivity contribution in [2.24, 2.45) is 0 Å². The summed E-state index contributed by atoms with van der Waals surface area (Å²) in [7, 11) is 0. The normalized spacial score (nSPS) is 12.4. The van der Waals surface area contributed by atoms with Gasteiger partial charge in [0.25, 0.3) is 5.56 Å². The van der Waals surface area contributed by atoms with E-state index in [1.54, 1.807) is 6.07 Å². The lowest BCUT2D eigenvalue weighted by Crippen LogP contribution is -2.22. The highest BCUT2D eigenvalue weighted by Crippen LogP contribution is 2.35. The van der Waals surface area contributed by atoms with Crippen molar-refractivity contribution < 1.29 is 9.47 Å². The van der Waals surface area contributed by atoms with Crippen molar-refractivity contribution in [2.75, 3.05) is 6.79 Å². The highest BCUT2D eigenvalue weighted by atomic mass is 79.9. The number of aromatic nitrogens is 2. The molecule has 0 saturated carbocycles. The van der Waals surface area contributed by atoms with E-state index >= 15 is 0 Å². The van der Waals surface area contributed by atoms with Crippen LogP contribution in [-0.4, -0.2) is 16.6 Å². The first-order valence-electron chi connectivity index (χ1n) is 7.42. The molecule has 4 rings (SSSR count). The average Bonchev–Trinajstić information content (AvgIpc) is 3.06. The standard InChI is InChI=1S/C18H13BrN2O3/c19-14-4-1-12(2-5-14)10-21-18(22)8-6-15(20-21)13-3-7-16-17(9-13)24-11-23-16/h1-9H,10-11H2. The van der Waals surface area contributed by atoms with Gasteiger partial charge in [0.2, 0.25) is 6.79 Å². The van der Waals surface area contributed by atoms with Gasteiger partial charge in [0.15, 0.2) is 11.5 Å². The summed E-state index contributed by atoms with van der Waals surface area (Å²) in [6.07, 6.45) is 0. The van der Waals surface area contributed by atoms with Crippen LogP contribution in [0.1, 0.15) is 5.56 Å². The first-order valence-corrected chi connectivity index (χ1v) is 8.21. The van der Waals surface area contributed by atoms with Crippen LogP contribution in [0.15, 0.2) is 63.9 Å². The molecule has 6 heteroatoms. The van der Waals surface area contributed by atoms with Crippen molar-refractivity contribution >= 4 is 15.9 Å². The van der Waals surface area contributed by atoms with E-state index in [-0.39, 0.29) is 12.4 Å². The summed E-state index contributed by atoms with van der Waals surface area (Å²) in [6, 6.07) is 16.7.